The lowest BCUT2D eigenvalue weighted by atomic mass is 9.96. The van der Waals surface area contributed by atoms with Gasteiger partial charge in [0.15, 0.2) is 11.6 Å². The molecule has 2 saturated heterocycles. The number of hydrogen-bond donors (Lipinski definition) is 0. The summed E-state index contributed by atoms with van der Waals surface area (Å²) in [6, 6.07) is 13.6. The third-order valence-electron chi connectivity index (χ3n) is 5.21. The zero-order chi connectivity index (χ0) is 18.0. The van der Waals surface area contributed by atoms with Gasteiger partial charge in [-0.3, -0.25) is 9.69 Å². The van der Waals surface area contributed by atoms with E-state index in [2.05, 4.69) is 4.90 Å². The number of piperidine rings is 1. The highest BCUT2D eigenvalue weighted by Crippen LogP contribution is 2.32. The van der Waals surface area contributed by atoms with E-state index in [0.29, 0.717) is 25.3 Å². The molecular formula is C21H22FNO3. The molecule has 0 atom stereocenters. The average molecular weight is 355 g/mol. The third kappa shape index (κ3) is 3.43. The van der Waals surface area contributed by atoms with Crippen LogP contribution in [0.15, 0.2) is 48.5 Å². The number of hydrogen-bond acceptors (Lipinski definition) is 4. The minimum Gasteiger partial charge on any atom is -0.347 e. The fourth-order valence-electron chi connectivity index (χ4n) is 3.75. The Morgan fingerprint density at radius 2 is 1.58 bits per heavy atom. The highest BCUT2D eigenvalue weighted by atomic mass is 19.1. The summed E-state index contributed by atoms with van der Waals surface area (Å²) >= 11 is 0. The van der Waals surface area contributed by atoms with E-state index in [1.807, 2.05) is 18.2 Å². The maximum Gasteiger partial charge on any atom is 0.196 e. The Hall–Kier alpha value is -2.08. The number of likely N-dealkylation sites (tertiary alicyclic amines) is 1. The molecule has 5 heteroatoms. The van der Waals surface area contributed by atoms with Crippen molar-refractivity contribution in [2.75, 3.05) is 26.3 Å². The van der Waals surface area contributed by atoms with Crippen LogP contribution in [0.1, 0.15) is 34.3 Å². The number of carbonyl (C=O) groups is 1. The Morgan fingerprint density at radius 1 is 0.962 bits per heavy atom. The zero-order valence-electron chi connectivity index (χ0n) is 14.6. The molecule has 2 heterocycles. The van der Waals surface area contributed by atoms with Gasteiger partial charge >= 0.3 is 0 Å². The molecule has 2 aliphatic heterocycles. The summed E-state index contributed by atoms with van der Waals surface area (Å²) in [7, 11) is 0. The van der Waals surface area contributed by atoms with Crippen LogP contribution in [-0.2, 0) is 16.0 Å². The summed E-state index contributed by atoms with van der Waals surface area (Å²) in [5, 5.41) is 0. The largest absolute Gasteiger partial charge is 0.347 e. The third-order valence-corrected chi connectivity index (χ3v) is 5.21. The normalized spacial score (nSPS) is 19.7. The first kappa shape index (κ1) is 17.3. The summed E-state index contributed by atoms with van der Waals surface area (Å²) in [5.41, 5.74) is 1.60. The number of benzene rings is 2. The number of nitrogens with zero attached hydrogens (tertiary/aromatic N) is 1. The van der Waals surface area contributed by atoms with Crippen molar-refractivity contribution in [2.24, 2.45) is 0 Å². The van der Waals surface area contributed by atoms with Gasteiger partial charge in [-0.05, 0) is 17.7 Å². The fraction of sp³-hybridized carbons (Fsp3) is 0.381. The van der Waals surface area contributed by atoms with Crippen molar-refractivity contribution >= 4 is 5.78 Å². The molecule has 0 amide bonds. The van der Waals surface area contributed by atoms with E-state index in [1.165, 1.54) is 12.1 Å². The zero-order valence-corrected chi connectivity index (χ0v) is 14.6. The Kier molecular flexibility index (Phi) is 4.85. The summed E-state index contributed by atoms with van der Waals surface area (Å²) in [5.74, 6) is -1.16. The molecule has 0 aliphatic carbocycles. The van der Waals surface area contributed by atoms with Gasteiger partial charge in [-0.15, -0.1) is 0 Å². The summed E-state index contributed by atoms with van der Waals surface area (Å²) < 4.78 is 25.6. The number of carbonyl (C=O) groups excluding carboxylic acids is 1. The Bertz CT molecular complexity index is 791. The Balaban J connectivity index is 1.50. The van der Waals surface area contributed by atoms with Crippen LogP contribution in [0.2, 0.25) is 0 Å². The second-order valence-electron chi connectivity index (χ2n) is 6.85. The van der Waals surface area contributed by atoms with Crippen molar-refractivity contribution < 1.29 is 18.7 Å². The van der Waals surface area contributed by atoms with Gasteiger partial charge in [0.05, 0.1) is 18.8 Å². The van der Waals surface area contributed by atoms with Crippen molar-refractivity contribution in [1.29, 1.82) is 0 Å². The van der Waals surface area contributed by atoms with Crippen LogP contribution in [0.3, 0.4) is 0 Å². The Morgan fingerprint density at radius 3 is 2.27 bits per heavy atom. The van der Waals surface area contributed by atoms with Gasteiger partial charge in [-0.1, -0.05) is 36.4 Å². The van der Waals surface area contributed by atoms with Gasteiger partial charge in [0, 0.05) is 38.0 Å². The summed E-state index contributed by atoms with van der Waals surface area (Å²) in [6.07, 6.45) is 1.66. The molecule has 0 unspecified atom stereocenters. The molecule has 0 bridgehead atoms. The quantitative estimate of drug-likeness (QED) is 0.788. The molecule has 0 saturated carbocycles. The van der Waals surface area contributed by atoms with Crippen LogP contribution in [0.5, 0.6) is 0 Å². The van der Waals surface area contributed by atoms with E-state index in [-0.39, 0.29) is 11.3 Å². The van der Waals surface area contributed by atoms with Crippen molar-refractivity contribution in [3.05, 3.63) is 71.0 Å². The molecule has 4 nitrogen and oxygen atoms in total. The molecule has 1 spiro atoms. The van der Waals surface area contributed by atoms with Gasteiger partial charge in [0.1, 0.15) is 5.82 Å². The van der Waals surface area contributed by atoms with Crippen molar-refractivity contribution in [3.8, 4) is 0 Å². The van der Waals surface area contributed by atoms with Crippen LogP contribution in [0.25, 0.3) is 0 Å². The van der Waals surface area contributed by atoms with Crippen molar-refractivity contribution in [2.45, 2.75) is 25.2 Å². The molecule has 26 heavy (non-hydrogen) atoms. The average Bonchev–Trinajstić information content (AvgIpc) is 3.12. The van der Waals surface area contributed by atoms with E-state index in [0.717, 1.165) is 31.5 Å². The summed E-state index contributed by atoms with van der Waals surface area (Å²) in [6.45, 7) is 3.69. The first-order valence-corrected chi connectivity index (χ1v) is 9.04. The molecule has 4 rings (SSSR count). The minimum absolute atomic E-state index is 0.116. The van der Waals surface area contributed by atoms with Gasteiger partial charge in [0.25, 0.3) is 0 Å². The van der Waals surface area contributed by atoms with Crippen LogP contribution < -0.4 is 0 Å². The highest BCUT2D eigenvalue weighted by molar-refractivity contribution is 6.10. The summed E-state index contributed by atoms with van der Waals surface area (Å²) in [4.78, 5) is 15.1. The molecule has 0 N–H and O–H groups in total. The second kappa shape index (κ2) is 7.27. The number of ketones is 1. The molecule has 0 aromatic heterocycles. The topological polar surface area (TPSA) is 38.8 Å². The lowest BCUT2D eigenvalue weighted by molar-refractivity contribution is -0.185. The molecule has 2 aromatic rings. The first-order chi connectivity index (χ1) is 12.7. The molecule has 2 aromatic carbocycles. The molecular weight excluding hydrogens is 333 g/mol. The number of halogens is 1. The van der Waals surface area contributed by atoms with E-state index in [1.54, 1.807) is 18.2 Å². The van der Waals surface area contributed by atoms with E-state index in [4.69, 9.17) is 9.47 Å². The number of rotatable bonds is 4. The van der Waals surface area contributed by atoms with Crippen LogP contribution in [0.4, 0.5) is 4.39 Å². The van der Waals surface area contributed by atoms with Crippen LogP contribution >= 0.6 is 0 Å². The van der Waals surface area contributed by atoms with Crippen molar-refractivity contribution in [1.82, 2.24) is 4.90 Å². The molecule has 0 radical (unpaired) electrons. The first-order valence-electron chi connectivity index (χ1n) is 9.04. The van der Waals surface area contributed by atoms with Gasteiger partial charge in [0.2, 0.25) is 0 Å². The maximum atomic E-state index is 14.0. The fourth-order valence-corrected chi connectivity index (χ4v) is 3.75. The standard InChI is InChI=1S/C21H22FNO3/c22-19-8-4-3-7-18(19)20(24)17-6-2-1-5-16(17)15-23-11-9-21(10-12-23)25-13-14-26-21/h1-8H,9-15H2. The minimum atomic E-state index is -0.484. The highest BCUT2D eigenvalue weighted by Gasteiger charge is 2.39. The van der Waals surface area contributed by atoms with Crippen LogP contribution in [-0.4, -0.2) is 42.8 Å². The lowest BCUT2D eigenvalue weighted by Gasteiger charge is -2.37. The molecule has 136 valence electrons. The van der Waals surface area contributed by atoms with E-state index >= 15 is 0 Å². The van der Waals surface area contributed by atoms with Crippen LogP contribution in [0, 0.1) is 5.82 Å². The van der Waals surface area contributed by atoms with E-state index in [9.17, 15) is 9.18 Å². The smallest absolute Gasteiger partial charge is 0.196 e. The Labute approximate surface area is 152 Å². The van der Waals surface area contributed by atoms with Crippen molar-refractivity contribution in [3.63, 3.8) is 0 Å². The van der Waals surface area contributed by atoms with Gasteiger partial charge in [-0.25, -0.2) is 4.39 Å². The molecule has 2 fully saturated rings. The van der Waals surface area contributed by atoms with Gasteiger partial charge in [-0.2, -0.15) is 0 Å². The van der Waals surface area contributed by atoms with E-state index < -0.39 is 11.6 Å². The lowest BCUT2D eigenvalue weighted by Crippen LogP contribution is -2.44. The molecule has 2 aliphatic rings. The predicted octanol–water partition coefficient (Wildman–Crippen LogP) is 3.40. The second-order valence-corrected chi connectivity index (χ2v) is 6.85. The van der Waals surface area contributed by atoms with Gasteiger partial charge < -0.3 is 9.47 Å². The maximum absolute atomic E-state index is 14.0. The number of ether oxygens (including phenoxy) is 2. The monoisotopic (exact) mass is 355 g/mol. The predicted molar refractivity (Wildman–Crippen MR) is 95.4 cm³/mol. The SMILES string of the molecule is O=C(c1ccccc1F)c1ccccc1CN1CCC2(CC1)OCCO2.